The molecule has 0 unspecified atom stereocenters. The first kappa shape index (κ1) is 14.9. The average Bonchev–Trinajstić information content (AvgIpc) is 2.69. The number of rotatable bonds is 2. The molecule has 3 nitrogen and oxygen atoms in total. The minimum absolute atomic E-state index is 0.256. The molecule has 0 saturated carbocycles. The van der Waals surface area contributed by atoms with Crippen LogP contribution in [0.15, 0.2) is 33.3 Å². The van der Waals surface area contributed by atoms with Crippen LogP contribution in [0.1, 0.15) is 10.5 Å². The smallest absolute Gasteiger partial charge is 0.272 e. The van der Waals surface area contributed by atoms with Crippen molar-refractivity contribution in [1.29, 1.82) is 0 Å². The van der Waals surface area contributed by atoms with Gasteiger partial charge in [-0.25, -0.2) is 0 Å². The summed E-state index contributed by atoms with van der Waals surface area (Å²) in [4.78, 5) is 12.1. The third kappa shape index (κ3) is 3.16. The topological polar surface area (TPSA) is 34.0 Å². The highest BCUT2D eigenvalue weighted by Crippen LogP contribution is 2.36. The predicted octanol–water partition coefficient (Wildman–Crippen LogP) is 5.11. The van der Waals surface area contributed by atoms with Crippen LogP contribution < -0.4 is 5.32 Å². The Morgan fingerprint density at radius 3 is 2.53 bits per heavy atom. The molecule has 1 heterocycles. The van der Waals surface area contributed by atoms with Crippen molar-refractivity contribution in [2.75, 3.05) is 5.32 Å². The highest BCUT2D eigenvalue weighted by atomic mass is 79.9. The van der Waals surface area contributed by atoms with E-state index >= 15 is 0 Å². The first-order valence-corrected chi connectivity index (χ1v) is 7.51. The molecule has 0 bridgehead atoms. The number of aryl methyl sites for hydroxylation is 1. The Bertz CT molecular complexity index is 655. The average molecular weight is 427 g/mol. The molecule has 0 saturated heterocycles. The molecule has 2 aromatic rings. The van der Waals surface area contributed by atoms with E-state index in [1.807, 2.05) is 0 Å². The largest absolute Gasteiger partial charge is 0.345 e. The van der Waals surface area contributed by atoms with Gasteiger partial charge in [0.1, 0.15) is 5.69 Å². The molecule has 100 valence electrons. The normalized spacial score (nSPS) is 10.6. The van der Waals surface area contributed by atoms with Crippen LogP contribution in [0, 0.1) is 0 Å². The quantitative estimate of drug-likeness (QED) is 0.665. The van der Waals surface area contributed by atoms with Crippen molar-refractivity contribution in [3.63, 3.8) is 0 Å². The summed E-state index contributed by atoms with van der Waals surface area (Å²) < 4.78 is 3.23. The second-order valence-corrected chi connectivity index (χ2v) is 6.36. The lowest BCUT2D eigenvalue weighted by Crippen LogP contribution is -2.15. The molecule has 0 fully saturated rings. The molecule has 1 N–H and O–H groups in total. The van der Waals surface area contributed by atoms with E-state index in [4.69, 9.17) is 23.2 Å². The Kier molecular flexibility index (Phi) is 4.61. The number of hydrogen-bond donors (Lipinski definition) is 1. The fourth-order valence-corrected chi connectivity index (χ4v) is 2.90. The number of carbonyl (C=O) groups excluding carboxylic acids is 1. The van der Waals surface area contributed by atoms with Gasteiger partial charge in [0.2, 0.25) is 0 Å². The van der Waals surface area contributed by atoms with Crippen molar-refractivity contribution in [1.82, 2.24) is 4.57 Å². The van der Waals surface area contributed by atoms with E-state index in [-0.39, 0.29) is 5.91 Å². The van der Waals surface area contributed by atoms with Crippen LogP contribution in [-0.4, -0.2) is 10.5 Å². The third-order valence-electron chi connectivity index (χ3n) is 2.49. The molecule has 1 amide bonds. The number of hydrogen-bond acceptors (Lipinski definition) is 1. The van der Waals surface area contributed by atoms with E-state index in [1.165, 1.54) is 0 Å². The van der Waals surface area contributed by atoms with E-state index in [0.29, 0.717) is 25.9 Å². The van der Waals surface area contributed by atoms with E-state index < -0.39 is 0 Å². The second kappa shape index (κ2) is 5.87. The van der Waals surface area contributed by atoms with Gasteiger partial charge in [-0.1, -0.05) is 23.2 Å². The zero-order chi connectivity index (χ0) is 14.2. The van der Waals surface area contributed by atoms with Gasteiger partial charge < -0.3 is 9.88 Å². The van der Waals surface area contributed by atoms with Crippen LogP contribution in [0.5, 0.6) is 0 Å². The van der Waals surface area contributed by atoms with Gasteiger partial charge in [-0.05, 0) is 50.1 Å². The Balaban J connectivity index is 2.29. The number of halogens is 4. The maximum atomic E-state index is 12.1. The molecule has 1 aromatic carbocycles. The van der Waals surface area contributed by atoms with Gasteiger partial charge in [0.15, 0.2) is 0 Å². The van der Waals surface area contributed by atoms with Gasteiger partial charge >= 0.3 is 0 Å². The summed E-state index contributed by atoms with van der Waals surface area (Å²) in [5, 5.41) is 3.40. The molecule has 0 spiro atoms. The lowest BCUT2D eigenvalue weighted by molar-refractivity contribution is 0.101. The van der Waals surface area contributed by atoms with Crippen molar-refractivity contribution < 1.29 is 4.79 Å². The molecule has 0 radical (unpaired) electrons. The van der Waals surface area contributed by atoms with Crippen LogP contribution in [0.25, 0.3) is 0 Å². The summed E-state index contributed by atoms with van der Waals surface area (Å²) in [7, 11) is 1.79. The van der Waals surface area contributed by atoms with E-state index in [2.05, 4.69) is 37.2 Å². The fourth-order valence-electron chi connectivity index (χ4n) is 1.56. The maximum absolute atomic E-state index is 12.1. The molecule has 1 aromatic heterocycles. The Labute approximate surface area is 137 Å². The SMILES string of the molecule is Cn1cc(Br)cc1C(=O)Nc1ccc(Br)c(Cl)c1Cl. The summed E-state index contributed by atoms with van der Waals surface area (Å²) in [6.07, 6.45) is 1.80. The third-order valence-corrected chi connectivity index (χ3v) is 4.69. The lowest BCUT2D eigenvalue weighted by Gasteiger charge is -2.09. The Morgan fingerprint density at radius 2 is 1.95 bits per heavy atom. The summed E-state index contributed by atoms with van der Waals surface area (Å²) in [5.41, 5.74) is 0.985. The Hall–Kier alpha value is -0.490. The van der Waals surface area contributed by atoms with Gasteiger partial charge in [-0.15, -0.1) is 0 Å². The molecule has 0 atom stereocenters. The summed E-state index contributed by atoms with van der Waals surface area (Å²) >= 11 is 18.7. The summed E-state index contributed by atoms with van der Waals surface area (Å²) in [6, 6.07) is 5.14. The highest BCUT2D eigenvalue weighted by molar-refractivity contribution is 9.10. The van der Waals surface area contributed by atoms with Crippen LogP contribution in [0.4, 0.5) is 5.69 Å². The van der Waals surface area contributed by atoms with Crippen LogP contribution in [-0.2, 0) is 7.05 Å². The lowest BCUT2D eigenvalue weighted by atomic mass is 10.3. The van der Waals surface area contributed by atoms with Crippen molar-refractivity contribution in [3.8, 4) is 0 Å². The maximum Gasteiger partial charge on any atom is 0.272 e. The summed E-state index contributed by atoms with van der Waals surface area (Å²) in [6.45, 7) is 0. The zero-order valence-electron chi connectivity index (χ0n) is 9.68. The fraction of sp³-hybridized carbons (Fsp3) is 0.0833. The van der Waals surface area contributed by atoms with Gasteiger partial charge in [-0.2, -0.15) is 0 Å². The first-order chi connectivity index (χ1) is 8.90. The predicted molar refractivity (Wildman–Crippen MR) is 85.2 cm³/mol. The van der Waals surface area contributed by atoms with E-state index in [9.17, 15) is 4.79 Å². The number of anilines is 1. The van der Waals surface area contributed by atoms with Gasteiger partial charge in [0.05, 0.1) is 15.7 Å². The van der Waals surface area contributed by atoms with Crippen LogP contribution in [0.2, 0.25) is 10.0 Å². The van der Waals surface area contributed by atoms with Crippen LogP contribution >= 0.6 is 55.1 Å². The van der Waals surface area contributed by atoms with Gasteiger partial charge in [0.25, 0.3) is 5.91 Å². The van der Waals surface area contributed by atoms with E-state index in [1.54, 1.807) is 36.0 Å². The number of carbonyl (C=O) groups is 1. The Morgan fingerprint density at radius 1 is 1.26 bits per heavy atom. The number of nitrogens with one attached hydrogen (secondary N) is 1. The standard InChI is InChI=1S/C12H8Br2Cl2N2O/c1-18-5-6(13)4-9(18)12(19)17-8-3-2-7(14)10(15)11(8)16/h2-5H,1H3,(H,17,19). The highest BCUT2D eigenvalue weighted by Gasteiger charge is 2.15. The molecule has 0 aliphatic carbocycles. The van der Waals surface area contributed by atoms with Crippen LogP contribution in [0.3, 0.4) is 0 Å². The molecule has 0 aliphatic rings. The summed E-state index contributed by atoms with van der Waals surface area (Å²) in [5.74, 6) is -0.256. The van der Waals surface area contributed by atoms with Gasteiger partial charge in [0, 0.05) is 22.2 Å². The number of amides is 1. The number of nitrogens with zero attached hydrogens (tertiary/aromatic N) is 1. The van der Waals surface area contributed by atoms with Crippen molar-refractivity contribution >= 4 is 66.7 Å². The molecular formula is C12H8Br2Cl2N2O. The molecule has 7 heteroatoms. The molecule has 19 heavy (non-hydrogen) atoms. The second-order valence-electron chi connectivity index (χ2n) is 3.83. The monoisotopic (exact) mass is 424 g/mol. The minimum Gasteiger partial charge on any atom is -0.345 e. The molecular weight excluding hydrogens is 419 g/mol. The van der Waals surface area contributed by atoms with Crippen molar-refractivity contribution in [3.05, 3.63) is 49.1 Å². The molecule has 2 rings (SSSR count). The first-order valence-electron chi connectivity index (χ1n) is 5.17. The number of aromatic nitrogens is 1. The van der Waals surface area contributed by atoms with Crippen molar-refractivity contribution in [2.45, 2.75) is 0 Å². The zero-order valence-corrected chi connectivity index (χ0v) is 14.4. The molecule has 0 aliphatic heterocycles. The van der Waals surface area contributed by atoms with Crippen molar-refractivity contribution in [2.24, 2.45) is 7.05 Å². The number of benzene rings is 1. The minimum atomic E-state index is -0.256. The van der Waals surface area contributed by atoms with E-state index in [0.717, 1.165) is 4.47 Å². The van der Waals surface area contributed by atoms with Gasteiger partial charge in [-0.3, -0.25) is 4.79 Å².